The molecule has 0 radical (unpaired) electrons. The zero-order chi connectivity index (χ0) is 13.4. The topological polar surface area (TPSA) is 80.7 Å². The number of fused-ring (bicyclic) bond motifs is 1. The molecule has 0 aromatic rings. The van der Waals surface area contributed by atoms with E-state index in [0.29, 0.717) is 4.24 Å². The lowest BCUT2D eigenvalue weighted by Crippen LogP contribution is -2.61. The Balaban J connectivity index is 2.21. The Bertz CT molecular complexity index is 421. The van der Waals surface area contributed by atoms with Gasteiger partial charge in [0.05, 0.1) is 27.9 Å². The van der Waals surface area contributed by atoms with E-state index in [1.165, 1.54) is 28.4 Å². The van der Waals surface area contributed by atoms with Crippen molar-refractivity contribution in [3.05, 3.63) is 9.93 Å². The molecule has 0 aliphatic carbocycles. The van der Waals surface area contributed by atoms with Gasteiger partial charge in [0.15, 0.2) is 0 Å². The summed E-state index contributed by atoms with van der Waals surface area (Å²) in [5.74, 6) is -1.36. The maximum absolute atomic E-state index is 11.8. The third-order valence-corrected chi connectivity index (χ3v) is 5.76. The van der Waals surface area contributed by atoms with Crippen LogP contribution in [0.25, 0.3) is 0 Å². The van der Waals surface area contributed by atoms with Gasteiger partial charge in [0, 0.05) is 0 Å². The number of carbonyl (C=O) groups excluding carboxylic acids is 2. The molecule has 3 atom stereocenters. The highest BCUT2D eigenvalue weighted by atomic mass is 32.2. The Kier molecular flexibility index (Phi) is 3.93. The van der Waals surface area contributed by atoms with Gasteiger partial charge in [-0.15, -0.1) is 11.8 Å². The monoisotopic (exact) mass is 288 g/mol. The van der Waals surface area contributed by atoms with Gasteiger partial charge in [-0.3, -0.25) is 9.69 Å². The highest BCUT2D eigenvalue weighted by molar-refractivity contribution is 8.22. The Hall–Kier alpha value is -0.660. The van der Waals surface area contributed by atoms with Crippen LogP contribution in [0.1, 0.15) is 20.3 Å². The minimum atomic E-state index is -1.32. The van der Waals surface area contributed by atoms with E-state index in [0.717, 1.165) is 12.2 Å². The molecule has 0 bridgehead atoms. The molecule has 100 valence electrons. The molecular weight excluding hydrogens is 274 g/mol. The number of aliphatic hydroxyl groups excluding tert-OH is 1. The van der Waals surface area contributed by atoms with Crippen molar-refractivity contribution in [2.75, 3.05) is 5.75 Å². The summed E-state index contributed by atoms with van der Waals surface area (Å²) in [6.07, 6.45) is 0.165. The first kappa shape index (κ1) is 13.8. The molecule has 2 heterocycles. The van der Waals surface area contributed by atoms with Crippen LogP contribution >= 0.6 is 23.5 Å². The number of aliphatic hydroxyl groups is 1. The molecule has 0 aromatic heterocycles. The van der Waals surface area contributed by atoms with Gasteiger partial charge in [0.1, 0.15) is 5.37 Å². The van der Waals surface area contributed by atoms with Crippen LogP contribution in [0.2, 0.25) is 0 Å². The molecule has 1 N–H and O–H groups in total. The Morgan fingerprint density at radius 1 is 1.67 bits per heavy atom. The van der Waals surface area contributed by atoms with E-state index in [1.807, 2.05) is 6.92 Å². The molecule has 0 unspecified atom stereocenters. The van der Waals surface area contributed by atoms with Crippen molar-refractivity contribution in [3.8, 4) is 0 Å². The number of aliphatic carboxylic acids is 1. The lowest BCUT2D eigenvalue weighted by molar-refractivity contribution is -0.301. The summed E-state index contributed by atoms with van der Waals surface area (Å²) >= 11 is 2.77. The molecule has 2 aliphatic heterocycles. The molecule has 1 saturated heterocycles. The summed E-state index contributed by atoms with van der Waals surface area (Å²) in [4.78, 5) is 24.2. The van der Waals surface area contributed by atoms with Crippen LogP contribution in [0.4, 0.5) is 0 Å². The fourth-order valence-electron chi connectivity index (χ4n) is 2.04. The number of carboxylic acid groups (broad SMARTS) is 1. The normalized spacial score (nSPS) is 28.2. The van der Waals surface area contributed by atoms with Crippen LogP contribution in [0.15, 0.2) is 9.93 Å². The van der Waals surface area contributed by atoms with Crippen molar-refractivity contribution < 1.29 is 19.8 Å². The first-order chi connectivity index (χ1) is 8.49. The summed E-state index contributed by atoms with van der Waals surface area (Å²) in [5, 5.41) is 20.4. The summed E-state index contributed by atoms with van der Waals surface area (Å²) in [6.45, 7) is 3.56. The van der Waals surface area contributed by atoms with Crippen LogP contribution in [0, 0.1) is 5.92 Å². The van der Waals surface area contributed by atoms with Crippen LogP contribution < -0.4 is 5.11 Å². The van der Waals surface area contributed by atoms with Crippen molar-refractivity contribution in [1.29, 1.82) is 0 Å². The smallest absolute Gasteiger partial charge is 0.236 e. The molecule has 18 heavy (non-hydrogen) atoms. The van der Waals surface area contributed by atoms with Crippen LogP contribution in [-0.2, 0) is 9.59 Å². The van der Waals surface area contributed by atoms with Crippen molar-refractivity contribution in [3.63, 3.8) is 0 Å². The number of β-lactam (4-membered cyclic amide) rings is 1. The molecule has 1 amide bonds. The van der Waals surface area contributed by atoms with Gasteiger partial charge in [-0.2, -0.15) is 0 Å². The van der Waals surface area contributed by atoms with Gasteiger partial charge in [-0.05, 0) is 19.1 Å². The van der Waals surface area contributed by atoms with E-state index in [2.05, 4.69) is 0 Å². The van der Waals surface area contributed by atoms with Gasteiger partial charge >= 0.3 is 0 Å². The molecule has 0 spiro atoms. The number of hydrogen-bond donors (Lipinski definition) is 1. The zero-order valence-corrected chi connectivity index (χ0v) is 11.7. The van der Waals surface area contributed by atoms with E-state index in [9.17, 15) is 19.8 Å². The summed E-state index contributed by atoms with van der Waals surface area (Å²) in [7, 11) is 0. The number of carbonyl (C=O) groups is 2. The molecule has 7 heteroatoms. The van der Waals surface area contributed by atoms with E-state index < -0.39 is 18.0 Å². The number of amides is 1. The summed E-state index contributed by atoms with van der Waals surface area (Å²) in [5.41, 5.74) is -0.0228. The largest absolute Gasteiger partial charge is 0.543 e. The number of hydrogen-bond acceptors (Lipinski definition) is 6. The van der Waals surface area contributed by atoms with Gasteiger partial charge in [0.2, 0.25) is 5.91 Å². The number of rotatable bonds is 5. The second-order valence-electron chi connectivity index (χ2n) is 4.26. The molecular formula is C11H14NO4S2-. The lowest BCUT2D eigenvalue weighted by Gasteiger charge is -2.44. The van der Waals surface area contributed by atoms with Crippen LogP contribution in [0.5, 0.6) is 0 Å². The molecule has 2 rings (SSSR count). The van der Waals surface area contributed by atoms with E-state index >= 15 is 0 Å². The van der Waals surface area contributed by atoms with Gasteiger partial charge in [-0.1, -0.05) is 18.7 Å². The first-order valence-corrected chi connectivity index (χ1v) is 7.61. The third kappa shape index (κ3) is 2.04. The molecule has 0 saturated carbocycles. The Morgan fingerprint density at radius 2 is 2.33 bits per heavy atom. The zero-order valence-electron chi connectivity index (χ0n) is 10.1. The predicted octanol–water partition coefficient (Wildman–Crippen LogP) is -0.0393. The van der Waals surface area contributed by atoms with Gasteiger partial charge in [0.25, 0.3) is 0 Å². The minimum Gasteiger partial charge on any atom is -0.543 e. The lowest BCUT2D eigenvalue weighted by atomic mass is 9.92. The molecule has 2 aliphatic rings. The van der Waals surface area contributed by atoms with Gasteiger partial charge < -0.3 is 15.0 Å². The number of nitrogens with zero attached hydrogens (tertiary/aromatic N) is 1. The standard InChI is InChI=1S/C11H15NO4S2/c1-3-4-17-11-7(10(15)16)12-8(14)6(5(2)13)9(12)18-11/h5-6,9,13H,3-4H2,1-2H3,(H,15,16)/p-1/t5-,6+,9-/m1/s1. The fraction of sp³-hybridized carbons (Fsp3) is 0.636. The van der Waals surface area contributed by atoms with E-state index in [4.69, 9.17) is 0 Å². The van der Waals surface area contributed by atoms with Crippen LogP contribution in [-0.4, -0.2) is 39.1 Å². The second kappa shape index (κ2) is 5.14. The molecule has 0 aromatic carbocycles. The highest BCUT2D eigenvalue weighted by Gasteiger charge is 2.56. The number of carboxylic acids is 1. The molecule has 5 nitrogen and oxygen atoms in total. The van der Waals surface area contributed by atoms with Crippen molar-refractivity contribution in [2.45, 2.75) is 31.7 Å². The molecule has 1 fully saturated rings. The Morgan fingerprint density at radius 3 is 2.83 bits per heavy atom. The maximum atomic E-state index is 11.8. The fourth-order valence-corrected chi connectivity index (χ4v) is 4.88. The minimum absolute atomic E-state index is 0.0228. The average molecular weight is 288 g/mol. The summed E-state index contributed by atoms with van der Waals surface area (Å²) in [6, 6.07) is 0. The predicted molar refractivity (Wildman–Crippen MR) is 68.2 cm³/mol. The summed E-state index contributed by atoms with van der Waals surface area (Å²) < 4.78 is 0.623. The van der Waals surface area contributed by atoms with Crippen molar-refractivity contribution in [2.24, 2.45) is 5.92 Å². The Labute approximate surface area is 114 Å². The van der Waals surface area contributed by atoms with Crippen molar-refractivity contribution in [1.82, 2.24) is 4.90 Å². The average Bonchev–Trinajstić information content (AvgIpc) is 2.60. The SMILES string of the molecule is CCCSC1=C(C(=O)[O-])N2C(=O)[C@H]([C@@H](C)O)[C@H]2S1. The third-order valence-electron chi connectivity index (χ3n) is 2.90. The maximum Gasteiger partial charge on any atom is 0.236 e. The highest BCUT2D eigenvalue weighted by Crippen LogP contribution is 2.53. The first-order valence-electron chi connectivity index (χ1n) is 5.75. The van der Waals surface area contributed by atoms with Crippen LogP contribution in [0.3, 0.4) is 0 Å². The van der Waals surface area contributed by atoms with E-state index in [1.54, 1.807) is 6.92 Å². The quantitative estimate of drug-likeness (QED) is 0.715. The van der Waals surface area contributed by atoms with Gasteiger partial charge in [-0.25, -0.2) is 0 Å². The second-order valence-corrected chi connectivity index (χ2v) is 6.75. The van der Waals surface area contributed by atoms with E-state index in [-0.39, 0.29) is 17.0 Å². The number of thioether (sulfide) groups is 2. The van der Waals surface area contributed by atoms with Crippen molar-refractivity contribution >= 4 is 35.4 Å².